The van der Waals surface area contributed by atoms with Crippen LogP contribution < -0.4 is 10.6 Å². The van der Waals surface area contributed by atoms with E-state index in [4.69, 9.17) is 0 Å². The zero-order valence-corrected chi connectivity index (χ0v) is 14.4. The summed E-state index contributed by atoms with van der Waals surface area (Å²) in [5.74, 6) is -0.303. The summed E-state index contributed by atoms with van der Waals surface area (Å²) >= 11 is 0. The summed E-state index contributed by atoms with van der Waals surface area (Å²) in [4.78, 5) is 25.0. The van der Waals surface area contributed by atoms with Crippen molar-refractivity contribution in [2.45, 2.75) is 39.8 Å². The van der Waals surface area contributed by atoms with Gasteiger partial charge in [-0.15, -0.1) is 0 Å². The van der Waals surface area contributed by atoms with Crippen molar-refractivity contribution in [3.05, 3.63) is 33.9 Å². The molecular weight excluding hydrogens is 296 g/mol. The van der Waals surface area contributed by atoms with E-state index in [9.17, 15) is 14.9 Å². The molecule has 0 bridgehead atoms. The van der Waals surface area contributed by atoms with Gasteiger partial charge in [-0.2, -0.15) is 0 Å². The van der Waals surface area contributed by atoms with E-state index >= 15 is 0 Å². The Hall–Kier alpha value is -2.15. The number of nitrogens with zero attached hydrogens (tertiary/aromatic N) is 2. The van der Waals surface area contributed by atoms with Crippen molar-refractivity contribution < 1.29 is 9.72 Å². The topological polar surface area (TPSA) is 87.5 Å². The summed E-state index contributed by atoms with van der Waals surface area (Å²) in [6.45, 7) is 9.68. The van der Waals surface area contributed by atoms with Gasteiger partial charge in [0.2, 0.25) is 0 Å². The van der Waals surface area contributed by atoms with Crippen LogP contribution in [0.15, 0.2) is 18.2 Å². The molecule has 1 rings (SSSR count). The second kappa shape index (κ2) is 8.47. The fourth-order valence-electron chi connectivity index (χ4n) is 2.55. The molecule has 7 nitrogen and oxygen atoms in total. The molecule has 0 saturated carbocycles. The molecule has 0 spiro atoms. The highest BCUT2D eigenvalue weighted by Crippen LogP contribution is 2.24. The van der Waals surface area contributed by atoms with Crippen molar-refractivity contribution in [3.8, 4) is 0 Å². The molecule has 0 radical (unpaired) electrons. The summed E-state index contributed by atoms with van der Waals surface area (Å²) < 4.78 is 0. The van der Waals surface area contributed by atoms with Crippen molar-refractivity contribution in [2.24, 2.45) is 0 Å². The van der Waals surface area contributed by atoms with E-state index < -0.39 is 4.92 Å². The highest BCUT2D eigenvalue weighted by atomic mass is 16.6. The molecule has 1 aromatic carbocycles. The number of rotatable bonds is 8. The smallest absolute Gasteiger partial charge is 0.293 e. The number of anilines is 1. The number of nitrogens with one attached hydrogen (secondary N) is 2. The van der Waals surface area contributed by atoms with E-state index in [1.165, 1.54) is 6.07 Å². The Morgan fingerprint density at radius 1 is 1.26 bits per heavy atom. The SMILES string of the molecule is CNc1ccc(C(=O)NCCN(C(C)C)C(C)C)cc1[N+](=O)[O-]. The fraction of sp³-hybridized carbons (Fsp3) is 0.562. The maximum Gasteiger partial charge on any atom is 0.293 e. The van der Waals surface area contributed by atoms with Gasteiger partial charge in [-0.25, -0.2) is 0 Å². The maximum absolute atomic E-state index is 12.2. The Morgan fingerprint density at radius 3 is 2.35 bits per heavy atom. The molecule has 23 heavy (non-hydrogen) atoms. The molecule has 7 heteroatoms. The molecule has 2 N–H and O–H groups in total. The second-order valence-corrected chi connectivity index (χ2v) is 5.92. The Labute approximate surface area is 137 Å². The van der Waals surface area contributed by atoms with Gasteiger partial charge in [0.25, 0.3) is 11.6 Å². The van der Waals surface area contributed by atoms with Crippen LogP contribution in [0.2, 0.25) is 0 Å². The van der Waals surface area contributed by atoms with E-state index in [0.29, 0.717) is 24.3 Å². The van der Waals surface area contributed by atoms with Crippen LogP contribution >= 0.6 is 0 Å². The van der Waals surface area contributed by atoms with Crippen LogP contribution in [0.4, 0.5) is 11.4 Å². The number of nitro groups is 1. The van der Waals surface area contributed by atoms with Crippen molar-refractivity contribution in [2.75, 3.05) is 25.5 Å². The molecule has 0 aromatic heterocycles. The van der Waals surface area contributed by atoms with Gasteiger partial charge in [-0.3, -0.25) is 19.8 Å². The first-order valence-electron chi connectivity index (χ1n) is 7.78. The lowest BCUT2D eigenvalue weighted by Gasteiger charge is -2.30. The molecule has 0 fully saturated rings. The van der Waals surface area contributed by atoms with E-state index in [-0.39, 0.29) is 17.2 Å². The quantitative estimate of drug-likeness (QED) is 0.567. The predicted molar refractivity (Wildman–Crippen MR) is 92.0 cm³/mol. The van der Waals surface area contributed by atoms with Crippen molar-refractivity contribution in [1.82, 2.24) is 10.2 Å². The fourth-order valence-corrected chi connectivity index (χ4v) is 2.55. The van der Waals surface area contributed by atoms with Crippen LogP contribution in [0, 0.1) is 10.1 Å². The highest BCUT2D eigenvalue weighted by molar-refractivity contribution is 5.95. The van der Waals surface area contributed by atoms with Crippen molar-refractivity contribution in [1.29, 1.82) is 0 Å². The molecule has 0 atom stereocenters. The largest absolute Gasteiger partial charge is 0.383 e. The first kappa shape index (κ1) is 18.9. The summed E-state index contributed by atoms with van der Waals surface area (Å²) in [5, 5.41) is 16.6. The Bertz CT molecular complexity index is 550. The van der Waals surface area contributed by atoms with E-state index in [1.54, 1.807) is 19.2 Å². The molecule has 0 saturated heterocycles. The molecule has 128 valence electrons. The van der Waals surface area contributed by atoms with Gasteiger partial charge >= 0.3 is 0 Å². The van der Waals surface area contributed by atoms with Crippen LogP contribution in [0.3, 0.4) is 0 Å². The van der Waals surface area contributed by atoms with Crippen LogP contribution in [-0.4, -0.2) is 48.0 Å². The number of carbonyl (C=O) groups is 1. The number of amides is 1. The average molecular weight is 322 g/mol. The van der Waals surface area contributed by atoms with Crippen LogP contribution in [0.5, 0.6) is 0 Å². The Balaban J connectivity index is 2.72. The predicted octanol–water partition coefficient (Wildman–Crippen LogP) is 2.49. The molecule has 0 aliphatic rings. The van der Waals surface area contributed by atoms with Gasteiger partial charge in [0.15, 0.2) is 0 Å². The molecular formula is C16H26N4O3. The van der Waals surface area contributed by atoms with Crippen LogP contribution in [0.1, 0.15) is 38.1 Å². The van der Waals surface area contributed by atoms with Gasteiger partial charge in [0.05, 0.1) is 4.92 Å². The van der Waals surface area contributed by atoms with Crippen LogP contribution in [0.25, 0.3) is 0 Å². The number of nitro benzene ring substituents is 1. The molecule has 1 aromatic rings. The third kappa shape index (κ3) is 5.21. The lowest BCUT2D eigenvalue weighted by Crippen LogP contribution is -2.42. The lowest BCUT2D eigenvalue weighted by atomic mass is 10.1. The minimum Gasteiger partial charge on any atom is -0.383 e. The van der Waals surface area contributed by atoms with Crippen molar-refractivity contribution >= 4 is 17.3 Å². The second-order valence-electron chi connectivity index (χ2n) is 5.92. The zero-order valence-electron chi connectivity index (χ0n) is 14.4. The summed E-state index contributed by atoms with van der Waals surface area (Å²) in [5.41, 5.74) is 0.569. The molecule has 0 heterocycles. The average Bonchev–Trinajstić information content (AvgIpc) is 2.49. The lowest BCUT2D eigenvalue weighted by molar-refractivity contribution is -0.384. The summed E-state index contributed by atoms with van der Waals surface area (Å²) in [7, 11) is 1.61. The van der Waals surface area contributed by atoms with E-state index in [2.05, 4.69) is 43.2 Å². The summed E-state index contributed by atoms with van der Waals surface area (Å²) in [6, 6.07) is 5.20. The molecule has 0 aliphatic carbocycles. The van der Waals surface area contributed by atoms with Gasteiger partial charge in [0, 0.05) is 43.9 Å². The number of benzene rings is 1. The van der Waals surface area contributed by atoms with Gasteiger partial charge < -0.3 is 10.6 Å². The normalized spacial score (nSPS) is 11.1. The first-order valence-corrected chi connectivity index (χ1v) is 7.78. The molecule has 0 unspecified atom stereocenters. The number of carbonyl (C=O) groups excluding carboxylic acids is 1. The minimum absolute atomic E-state index is 0.105. The Kier molecular flexibility index (Phi) is 6.96. The highest BCUT2D eigenvalue weighted by Gasteiger charge is 2.17. The van der Waals surface area contributed by atoms with E-state index in [0.717, 1.165) is 6.54 Å². The van der Waals surface area contributed by atoms with E-state index in [1.807, 2.05) is 0 Å². The third-order valence-electron chi connectivity index (χ3n) is 3.71. The number of hydrogen-bond acceptors (Lipinski definition) is 5. The Morgan fingerprint density at radius 2 is 1.87 bits per heavy atom. The summed E-state index contributed by atoms with van der Waals surface area (Å²) in [6.07, 6.45) is 0. The van der Waals surface area contributed by atoms with Crippen LogP contribution in [-0.2, 0) is 0 Å². The van der Waals surface area contributed by atoms with Gasteiger partial charge in [-0.05, 0) is 39.8 Å². The minimum atomic E-state index is -0.498. The zero-order chi connectivity index (χ0) is 17.6. The van der Waals surface area contributed by atoms with Crippen molar-refractivity contribution in [3.63, 3.8) is 0 Å². The number of hydrogen-bond donors (Lipinski definition) is 2. The third-order valence-corrected chi connectivity index (χ3v) is 3.71. The monoisotopic (exact) mass is 322 g/mol. The van der Waals surface area contributed by atoms with Gasteiger partial charge in [0.1, 0.15) is 5.69 Å². The molecule has 0 aliphatic heterocycles. The standard InChI is InChI=1S/C16H26N4O3/c1-11(2)19(12(3)4)9-8-18-16(21)13-6-7-14(17-5)15(10-13)20(22)23/h6-7,10-12,17H,8-9H2,1-5H3,(H,18,21). The molecule has 1 amide bonds. The first-order chi connectivity index (χ1) is 10.8. The van der Waals surface area contributed by atoms with Gasteiger partial charge in [-0.1, -0.05) is 0 Å². The maximum atomic E-state index is 12.2.